The summed E-state index contributed by atoms with van der Waals surface area (Å²) >= 11 is 0. The van der Waals surface area contributed by atoms with E-state index in [-0.39, 0.29) is 5.56 Å². The molecule has 0 aliphatic heterocycles. The molecule has 0 unspecified atom stereocenters. The van der Waals surface area contributed by atoms with Crippen LogP contribution in [0.2, 0.25) is 0 Å². The first kappa shape index (κ1) is 16.4. The minimum atomic E-state index is -2.16. The van der Waals surface area contributed by atoms with E-state index in [0.29, 0.717) is 23.0 Å². The number of halogens is 5. The SMILES string of the molecule is CN(C)Cc1c[nH]c2cccc(-c3c(F)c(F)c(F)c(F)c3F)c12. The number of fused-ring (bicyclic) bond motifs is 1. The molecule has 0 radical (unpaired) electrons. The Balaban J connectivity index is 2.37. The van der Waals surface area contributed by atoms with Crippen LogP contribution in [-0.2, 0) is 6.54 Å². The zero-order valence-electron chi connectivity index (χ0n) is 12.9. The zero-order valence-corrected chi connectivity index (χ0v) is 12.9. The van der Waals surface area contributed by atoms with Crippen LogP contribution < -0.4 is 0 Å². The van der Waals surface area contributed by atoms with Crippen LogP contribution in [0.5, 0.6) is 0 Å². The van der Waals surface area contributed by atoms with Crippen LogP contribution in [0.15, 0.2) is 24.4 Å². The molecule has 1 aromatic heterocycles. The van der Waals surface area contributed by atoms with Gasteiger partial charge in [-0.05, 0) is 31.3 Å². The molecule has 1 heterocycles. The van der Waals surface area contributed by atoms with Gasteiger partial charge in [0, 0.05) is 23.6 Å². The smallest absolute Gasteiger partial charge is 0.200 e. The fourth-order valence-electron chi connectivity index (χ4n) is 2.77. The molecule has 2 aromatic carbocycles. The van der Waals surface area contributed by atoms with E-state index >= 15 is 0 Å². The lowest BCUT2D eigenvalue weighted by molar-refractivity contribution is 0.381. The van der Waals surface area contributed by atoms with Crippen molar-refractivity contribution in [3.05, 3.63) is 59.0 Å². The van der Waals surface area contributed by atoms with Crippen molar-refractivity contribution in [1.82, 2.24) is 9.88 Å². The highest BCUT2D eigenvalue weighted by Gasteiger charge is 2.28. The Morgan fingerprint density at radius 1 is 0.875 bits per heavy atom. The van der Waals surface area contributed by atoms with Crippen molar-refractivity contribution >= 4 is 10.9 Å². The predicted molar refractivity (Wildman–Crippen MR) is 80.9 cm³/mol. The summed E-state index contributed by atoms with van der Waals surface area (Å²) in [7, 11) is 3.61. The van der Waals surface area contributed by atoms with Crippen LogP contribution in [0.1, 0.15) is 5.56 Å². The van der Waals surface area contributed by atoms with E-state index in [1.807, 2.05) is 4.90 Å². The maximum Gasteiger partial charge on any atom is 0.200 e. The molecule has 24 heavy (non-hydrogen) atoms. The molecule has 0 saturated carbocycles. The van der Waals surface area contributed by atoms with E-state index in [4.69, 9.17) is 0 Å². The van der Waals surface area contributed by atoms with Crippen molar-refractivity contribution in [1.29, 1.82) is 0 Å². The number of hydrogen-bond donors (Lipinski definition) is 1. The quantitative estimate of drug-likeness (QED) is 0.420. The van der Waals surface area contributed by atoms with Crippen LogP contribution >= 0.6 is 0 Å². The number of aromatic nitrogens is 1. The molecule has 3 rings (SSSR count). The third-order valence-corrected chi connectivity index (χ3v) is 3.75. The molecule has 126 valence electrons. The van der Waals surface area contributed by atoms with Crippen molar-refractivity contribution in [3.63, 3.8) is 0 Å². The molecule has 3 aromatic rings. The first-order chi connectivity index (χ1) is 11.3. The Morgan fingerprint density at radius 2 is 1.46 bits per heavy atom. The maximum absolute atomic E-state index is 14.2. The summed E-state index contributed by atoms with van der Waals surface area (Å²) in [5, 5.41) is 0.425. The van der Waals surface area contributed by atoms with Crippen LogP contribution in [0.4, 0.5) is 22.0 Å². The zero-order chi connectivity index (χ0) is 17.6. The topological polar surface area (TPSA) is 19.0 Å². The second-order valence-corrected chi connectivity index (χ2v) is 5.72. The molecule has 0 saturated heterocycles. The monoisotopic (exact) mass is 340 g/mol. The molecular weight excluding hydrogens is 327 g/mol. The minimum absolute atomic E-state index is 0.0431. The van der Waals surface area contributed by atoms with Crippen molar-refractivity contribution < 1.29 is 22.0 Å². The van der Waals surface area contributed by atoms with Crippen molar-refractivity contribution in [2.75, 3.05) is 14.1 Å². The van der Waals surface area contributed by atoms with Crippen LogP contribution in [0.25, 0.3) is 22.0 Å². The van der Waals surface area contributed by atoms with Gasteiger partial charge in [0.2, 0.25) is 5.82 Å². The van der Waals surface area contributed by atoms with Gasteiger partial charge < -0.3 is 9.88 Å². The Morgan fingerprint density at radius 3 is 2.04 bits per heavy atom. The fraction of sp³-hybridized carbons (Fsp3) is 0.176. The van der Waals surface area contributed by atoms with E-state index < -0.39 is 34.6 Å². The van der Waals surface area contributed by atoms with Gasteiger partial charge in [0.1, 0.15) is 0 Å². The molecule has 7 heteroatoms. The second kappa shape index (κ2) is 5.90. The lowest BCUT2D eigenvalue weighted by atomic mass is 9.97. The van der Waals surface area contributed by atoms with Crippen LogP contribution in [0.3, 0.4) is 0 Å². The standard InChI is InChI=1S/C17H13F5N2/c1-24(2)7-8-6-23-10-5-3-4-9(11(8)10)12-13(18)15(20)17(22)16(21)14(12)19/h3-6,23H,7H2,1-2H3. The lowest BCUT2D eigenvalue weighted by Gasteiger charge is -2.13. The second-order valence-electron chi connectivity index (χ2n) is 5.72. The van der Waals surface area contributed by atoms with E-state index in [1.165, 1.54) is 12.1 Å². The Labute approximate surface area is 134 Å². The Bertz CT molecular complexity index is 901. The molecule has 0 aliphatic carbocycles. The third kappa shape index (κ3) is 2.45. The lowest BCUT2D eigenvalue weighted by Crippen LogP contribution is -2.10. The van der Waals surface area contributed by atoms with Gasteiger partial charge in [-0.3, -0.25) is 0 Å². The molecule has 0 aliphatic rings. The number of H-pyrrole nitrogens is 1. The third-order valence-electron chi connectivity index (χ3n) is 3.75. The first-order valence-corrected chi connectivity index (χ1v) is 7.08. The summed E-state index contributed by atoms with van der Waals surface area (Å²) in [4.78, 5) is 4.78. The van der Waals surface area contributed by atoms with Crippen LogP contribution in [-0.4, -0.2) is 24.0 Å². The number of hydrogen-bond acceptors (Lipinski definition) is 1. The molecule has 0 spiro atoms. The number of aromatic amines is 1. The summed E-state index contributed by atoms with van der Waals surface area (Å²) in [5.41, 5.74) is 0.276. The number of benzene rings is 2. The fourth-order valence-corrected chi connectivity index (χ4v) is 2.77. The van der Waals surface area contributed by atoms with Gasteiger partial charge in [-0.1, -0.05) is 12.1 Å². The summed E-state index contributed by atoms with van der Waals surface area (Å²) in [6, 6.07) is 4.50. The molecule has 0 fully saturated rings. The summed E-state index contributed by atoms with van der Waals surface area (Å²) in [6.07, 6.45) is 1.65. The number of rotatable bonds is 3. The van der Waals surface area contributed by atoms with E-state index in [0.717, 1.165) is 0 Å². The van der Waals surface area contributed by atoms with Crippen molar-refractivity contribution in [2.45, 2.75) is 6.54 Å². The Hall–Kier alpha value is -2.41. The van der Waals surface area contributed by atoms with Crippen molar-refractivity contribution in [3.8, 4) is 11.1 Å². The van der Waals surface area contributed by atoms with Gasteiger partial charge in [-0.2, -0.15) is 0 Å². The number of nitrogens with one attached hydrogen (secondary N) is 1. The van der Waals surface area contributed by atoms with E-state index in [9.17, 15) is 22.0 Å². The van der Waals surface area contributed by atoms with Gasteiger partial charge in [-0.25, -0.2) is 22.0 Å². The molecule has 2 nitrogen and oxygen atoms in total. The highest BCUT2D eigenvalue weighted by molar-refractivity contribution is 5.98. The van der Waals surface area contributed by atoms with E-state index in [2.05, 4.69) is 4.98 Å². The molecular formula is C17H13F5N2. The predicted octanol–water partition coefficient (Wildman–Crippen LogP) is 4.59. The normalized spacial score (nSPS) is 11.7. The van der Waals surface area contributed by atoms with Gasteiger partial charge in [0.05, 0.1) is 5.56 Å². The summed E-state index contributed by atoms with van der Waals surface area (Å²) < 4.78 is 68.7. The largest absolute Gasteiger partial charge is 0.361 e. The average Bonchev–Trinajstić information content (AvgIpc) is 2.94. The average molecular weight is 340 g/mol. The maximum atomic E-state index is 14.2. The Kier molecular flexibility index (Phi) is 4.04. The van der Waals surface area contributed by atoms with Gasteiger partial charge in [0.25, 0.3) is 0 Å². The first-order valence-electron chi connectivity index (χ1n) is 7.08. The molecule has 0 atom stereocenters. The highest BCUT2D eigenvalue weighted by atomic mass is 19.2. The van der Waals surface area contributed by atoms with E-state index in [1.54, 1.807) is 26.4 Å². The minimum Gasteiger partial charge on any atom is -0.361 e. The van der Waals surface area contributed by atoms with Crippen LogP contribution in [0, 0.1) is 29.1 Å². The number of nitrogens with zero attached hydrogens (tertiary/aromatic N) is 1. The molecule has 0 bridgehead atoms. The van der Waals surface area contributed by atoms with Crippen molar-refractivity contribution in [2.24, 2.45) is 0 Å². The highest BCUT2D eigenvalue weighted by Crippen LogP contribution is 2.37. The molecule has 1 N–H and O–H groups in total. The van der Waals surface area contributed by atoms with Gasteiger partial charge in [0.15, 0.2) is 23.3 Å². The van der Waals surface area contributed by atoms with Gasteiger partial charge in [-0.15, -0.1) is 0 Å². The summed E-state index contributed by atoms with van der Waals surface area (Å²) in [6.45, 7) is 0.437. The van der Waals surface area contributed by atoms with Gasteiger partial charge >= 0.3 is 0 Å². The summed E-state index contributed by atoms with van der Waals surface area (Å²) in [5.74, 6) is -9.74. The molecule has 0 amide bonds.